The van der Waals surface area contributed by atoms with Crippen molar-refractivity contribution in [3.8, 4) is 11.3 Å². The van der Waals surface area contributed by atoms with Crippen molar-refractivity contribution in [2.24, 2.45) is 0 Å². The molecule has 0 aliphatic heterocycles. The molecule has 0 aliphatic carbocycles. The van der Waals surface area contributed by atoms with Gasteiger partial charge in [0.05, 0.1) is 11.1 Å². The van der Waals surface area contributed by atoms with Gasteiger partial charge in [-0.3, -0.25) is 4.79 Å². The number of nitrogens with one attached hydrogen (secondary N) is 1. The second kappa shape index (κ2) is 4.27. The summed E-state index contributed by atoms with van der Waals surface area (Å²) in [6, 6.07) is 14.9. The molecular weight excluding hydrogens is 248 g/mol. The second-order valence-electron chi connectivity index (χ2n) is 3.96. The van der Waals surface area contributed by atoms with E-state index in [-0.39, 0.29) is 5.56 Å². The largest absolute Gasteiger partial charge is 0.272 e. The monoisotopic (exact) mass is 256 g/mol. The molecule has 0 spiro atoms. The Morgan fingerprint density at radius 2 is 1.78 bits per heavy atom. The SMILES string of the molecule is O=c1[nH]nc(-c2ccccc2)c2cc(Cl)ccc12. The molecule has 3 nitrogen and oxygen atoms in total. The molecule has 3 aromatic rings. The molecule has 88 valence electrons. The van der Waals surface area contributed by atoms with Crippen LogP contribution in [0.25, 0.3) is 22.0 Å². The lowest BCUT2D eigenvalue weighted by Crippen LogP contribution is -2.09. The van der Waals surface area contributed by atoms with Crippen LogP contribution in [0.1, 0.15) is 0 Å². The van der Waals surface area contributed by atoms with E-state index in [4.69, 9.17) is 11.6 Å². The Kier molecular flexibility index (Phi) is 2.61. The van der Waals surface area contributed by atoms with Crippen molar-refractivity contribution in [1.82, 2.24) is 10.2 Å². The predicted molar refractivity (Wildman–Crippen MR) is 72.8 cm³/mol. The van der Waals surface area contributed by atoms with Crippen LogP contribution in [-0.2, 0) is 0 Å². The van der Waals surface area contributed by atoms with Crippen LogP contribution in [0.3, 0.4) is 0 Å². The van der Waals surface area contributed by atoms with Crippen LogP contribution in [0.15, 0.2) is 53.3 Å². The van der Waals surface area contributed by atoms with Gasteiger partial charge >= 0.3 is 0 Å². The van der Waals surface area contributed by atoms with E-state index in [2.05, 4.69) is 10.2 Å². The maximum Gasteiger partial charge on any atom is 0.272 e. The third-order valence-corrected chi connectivity index (χ3v) is 3.03. The van der Waals surface area contributed by atoms with Crippen LogP contribution in [0, 0.1) is 0 Å². The van der Waals surface area contributed by atoms with Gasteiger partial charge in [0.25, 0.3) is 5.56 Å². The summed E-state index contributed by atoms with van der Waals surface area (Å²) < 4.78 is 0. The van der Waals surface area contributed by atoms with E-state index in [9.17, 15) is 4.79 Å². The number of aromatic nitrogens is 2. The number of fused-ring (bicyclic) bond motifs is 1. The van der Waals surface area contributed by atoms with Gasteiger partial charge in [-0.1, -0.05) is 41.9 Å². The van der Waals surface area contributed by atoms with Gasteiger partial charge < -0.3 is 0 Å². The standard InChI is InChI=1S/C14H9ClN2O/c15-10-6-7-11-12(8-10)13(16-17-14(11)18)9-4-2-1-3-5-9/h1-8H,(H,17,18). The minimum absolute atomic E-state index is 0.207. The Bertz CT molecular complexity index is 766. The lowest BCUT2D eigenvalue weighted by Gasteiger charge is -2.05. The maximum atomic E-state index is 11.7. The van der Waals surface area contributed by atoms with Gasteiger partial charge in [0.15, 0.2) is 0 Å². The van der Waals surface area contributed by atoms with E-state index >= 15 is 0 Å². The van der Waals surface area contributed by atoms with Gasteiger partial charge in [-0.25, -0.2) is 5.10 Å². The summed E-state index contributed by atoms with van der Waals surface area (Å²) in [6.07, 6.45) is 0. The lowest BCUT2D eigenvalue weighted by atomic mass is 10.1. The first-order chi connectivity index (χ1) is 8.75. The average Bonchev–Trinajstić information content (AvgIpc) is 2.40. The number of nitrogens with zero attached hydrogens (tertiary/aromatic N) is 1. The van der Waals surface area contributed by atoms with E-state index in [1.54, 1.807) is 18.2 Å². The van der Waals surface area contributed by atoms with Gasteiger partial charge in [0.2, 0.25) is 0 Å². The molecule has 0 saturated carbocycles. The van der Waals surface area contributed by atoms with E-state index in [0.29, 0.717) is 10.4 Å². The van der Waals surface area contributed by atoms with E-state index in [1.165, 1.54) is 0 Å². The van der Waals surface area contributed by atoms with Crippen LogP contribution in [0.2, 0.25) is 5.02 Å². The first-order valence-corrected chi connectivity index (χ1v) is 5.87. The first-order valence-electron chi connectivity index (χ1n) is 5.49. The number of hydrogen-bond donors (Lipinski definition) is 1. The van der Waals surface area contributed by atoms with Crippen molar-refractivity contribution in [3.63, 3.8) is 0 Å². The predicted octanol–water partition coefficient (Wildman–Crippen LogP) is 3.24. The molecule has 1 heterocycles. The van der Waals surface area contributed by atoms with Gasteiger partial charge in [-0.05, 0) is 18.2 Å². The Morgan fingerprint density at radius 1 is 1.00 bits per heavy atom. The first kappa shape index (κ1) is 11.0. The smallest absolute Gasteiger partial charge is 0.267 e. The highest BCUT2D eigenvalue weighted by molar-refractivity contribution is 6.31. The molecule has 18 heavy (non-hydrogen) atoms. The molecule has 1 N–H and O–H groups in total. The van der Waals surface area contributed by atoms with Crippen molar-refractivity contribution in [3.05, 3.63) is 63.9 Å². The lowest BCUT2D eigenvalue weighted by molar-refractivity contribution is 1.02. The zero-order chi connectivity index (χ0) is 12.5. The highest BCUT2D eigenvalue weighted by Crippen LogP contribution is 2.26. The number of hydrogen-bond acceptors (Lipinski definition) is 2. The van der Waals surface area contributed by atoms with E-state index in [0.717, 1.165) is 16.6 Å². The maximum absolute atomic E-state index is 11.7. The summed E-state index contributed by atoms with van der Waals surface area (Å²) in [6.45, 7) is 0. The third kappa shape index (κ3) is 1.79. The molecule has 0 unspecified atom stereocenters. The summed E-state index contributed by atoms with van der Waals surface area (Å²) in [7, 11) is 0. The quantitative estimate of drug-likeness (QED) is 0.726. The highest BCUT2D eigenvalue weighted by atomic mass is 35.5. The molecule has 0 fully saturated rings. The van der Waals surface area contributed by atoms with Crippen LogP contribution in [0.4, 0.5) is 0 Å². The molecule has 0 saturated heterocycles. The molecule has 3 rings (SSSR count). The molecule has 1 aromatic heterocycles. The molecule has 0 bridgehead atoms. The van der Waals surface area contributed by atoms with Gasteiger partial charge in [-0.15, -0.1) is 0 Å². The van der Waals surface area contributed by atoms with Crippen LogP contribution in [0.5, 0.6) is 0 Å². The Balaban J connectivity index is 2.41. The summed E-state index contributed by atoms with van der Waals surface area (Å²) in [5, 5.41) is 8.58. The average molecular weight is 257 g/mol. The number of H-pyrrole nitrogens is 1. The van der Waals surface area contributed by atoms with Gasteiger partial charge in [-0.2, -0.15) is 5.10 Å². The normalized spacial score (nSPS) is 10.7. The minimum Gasteiger partial charge on any atom is -0.267 e. The fraction of sp³-hybridized carbons (Fsp3) is 0. The number of aromatic amines is 1. The zero-order valence-electron chi connectivity index (χ0n) is 9.35. The van der Waals surface area contributed by atoms with Gasteiger partial charge in [0, 0.05) is 16.0 Å². The van der Waals surface area contributed by atoms with E-state index < -0.39 is 0 Å². The Labute approximate surface area is 108 Å². The molecule has 0 aliphatic rings. The topological polar surface area (TPSA) is 45.8 Å². The molecule has 2 aromatic carbocycles. The molecule has 0 radical (unpaired) electrons. The molecular formula is C14H9ClN2O. The molecule has 0 atom stereocenters. The van der Waals surface area contributed by atoms with Gasteiger partial charge in [0.1, 0.15) is 0 Å². The van der Waals surface area contributed by atoms with E-state index in [1.807, 2.05) is 30.3 Å². The van der Waals surface area contributed by atoms with Crippen molar-refractivity contribution >= 4 is 22.4 Å². The minimum atomic E-state index is -0.207. The number of benzene rings is 2. The van der Waals surface area contributed by atoms with Crippen LogP contribution in [-0.4, -0.2) is 10.2 Å². The molecule has 4 heteroatoms. The van der Waals surface area contributed by atoms with Crippen LogP contribution < -0.4 is 5.56 Å². The van der Waals surface area contributed by atoms with Crippen molar-refractivity contribution in [1.29, 1.82) is 0 Å². The number of rotatable bonds is 1. The summed E-state index contributed by atoms with van der Waals surface area (Å²) in [4.78, 5) is 11.7. The Hall–Kier alpha value is -2.13. The molecule has 0 amide bonds. The van der Waals surface area contributed by atoms with Crippen LogP contribution >= 0.6 is 11.6 Å². The van der Waals surface area contributed by atoms with Crippen molar-refractivity contribution < 1.29 is 0 Å². The summed E-state index contributed by atoms with van der Waals surface area (Å²) >= 11 is 5.99. The van der Waals surface area contributed by atoms with Crippen molar-refractivity contribution in [2.45, 2.75) is 0 Å². The Morgan fingerprint density at radius 3 is 2.56 bits per heavy atom. The van der Waals surface area contributed by atoms with Crippen molar-refractivity contribution in [2.75, 3.05) is 0 Å². The highest BCUT2D eigenvalue weighted by Gasteiger charge is 2.08. The second-order valence-corrected chi connectivity index (χ2v) is 4.39. The fourth-order valence-corrected chi connectivity index (χ4v) is 2.13. The zero-order valence-corrected chi connectivity index (χ0v) is 10.1. The fourth-order valence-electron chi connectivity index (χ4n) is 1.95. The number of halogens is 1. The summed E-state index contributed by atoms with van der Waals surface area (Å²) in [5.74, 6) is 0. The third-order valence-electron chi connectivity index (χ3n) is 2.80. The summed E-state index contributed by atoms with van der Waals surface area (Å²) in [5.41, 5.74) is 1.47.